The van der Waals surface area contributed by atoms with Crippen LogP contribution < -0.4 is 0 Å². The van der Waals surface area contributed by atoms with Crippen molar-refractivity contribution in [1.29, 1.82) is 0 Å². The summed E-state index contributed by atoms with van der Waals surface area (Å²) in [4.78, 5) is -0.147. The molecule has 0 aliphatic carbocycles. The van der Waals surface area contributed by atoms with E-state index in [9.17, 15) is 13.2 Å². The fourth-order valence-electron chi connectivity index (χ4n) is 0.599. The van der Waals surface area contributed by atoms with Crippen molar-refractivity contribution in [3.8, 4) is 0 Å². The van der Waals surface area contributed by atoms with Gasteiger partial charge in [0.05, 0.1) is 4.90 Å². The maximum absolute atomic E-state index is 12.6. The van der Waals surface area contributed by atoms with Crippen LogP contribution >= 0.6 is 22.5 Å². The summed E-state index contributed by atoms with van der Waals surface area (Å²) in [5, 5.41) is 0. The average molecular weight is 196 g/mol. The molecule has 0 N–H and O–H groups in total. The number of rotatable bonds is 1. The zero-order valence-electron chi connectivity index (χ0n) is 5.14. The van der Waals surface area contributed by atoms with Crippen LogP contribution in [0.3, 0.4) is 0 Å². The van der Waals surface area contributed by atoms with E-state index < -0.39 is 17.5 Å². The summed E-state index contributed by atoms with van der Waals surface area (Å²) in [7, 11) is 0.663. The van der Waals surface area contributed by atoms with E-state index in [1.165, 1.54) is 0 Å². The van der Waals surface area contributed by atoms with Crippen molar-refractivity contribution < 1.29 is 13.2 Å². The molecule has 1 aromatic rings. The fraction of sp³-hybridized carbons (Fsp3) is 0. The van der Waals surface area contributed by atoms with E-state index >= 15 is 0 Å². The predicted molar refractivity (Wildman–Crippen MR) is 41.2 cm³/mol. The third-order valence-electron chi connectivity index (χ3n) is 1.06. The van der Waals surface area contributed by atoms with E-state index in [0.29, 0.717) is 16.9 Å². The second-order valence-corrected chi connectivity index (χ2v) is 2.96. The number of thiol groups is 1. The number of halogens is 3. The zero-order chi connectivity index (χ0) is 8.43. The van der Waals surface area contributed by atoms with Crippen molar-refractivity contribution in [3.05, 3.63) is 29.6 Å². The maximum Gasteiger partial charge on any atom is 0.173 e. The topological polar surface area (TPSA) is 0 Å². The first-order valence-corrected chi connectivity index (χ1v) is 4.48. The van der Waals surface area contributed by atoms with Crippen LogP contribution in [0.15, 0.2) is 17.0 Å². The summed E-state index contributed by atoms with van der Waals surface area (Å²) < 4.78 is 37.3. The lowest BCUT2D eigenvalue weighted by Crippen LogP contribution is -1.88. The van der Waals surface area contributed by atoms with E-state index in [2.05, 4.69) is 11.7 Å². The highest BCUT2D eigenvalue weighted by molar-refractivity contribution is 8.68. The number of benzene rings is 1. The van der Waals surface area contributed by atoms with Gasteiger partial charge in [0, 0.05) is 6.07 Å². The SMILES string of the molecule is Fc1cc(F)c(F)c(SS)c1. The largest absolute Gasteiger partial charge is 0.207 e. The monoisotopic (exact) mass is 196 g/mol. The molecule has 1 aromatic carbocycles. The van der Waals surface area contributed by atoms with E-state index in [-0.39, 0.29) is 4.90 Å². The van der Waals surface area contributed by atoms with Crippen molar-refractivity contribution in [1.82, 2.24) is 0 Å². The second kappa shape index (κ2) is 3.40. The quantitative estimate of drug-likeness (QED) is 0.409. The van der Waals surface area contributed by atoms with Crippen molar-refractivity contribution >= 4 is 22.5 Å². The van der Waals surface area contributed by atoms with E-state index in [4.69, 9.17) is 0 Å². The molecule has 0 saturated carbocycles. The van der Waals surface area contributed by atoms with Crippen LogP contribution in [-0.4, -0.2) is 0 Å². The van der Waals surface area contributed by atoms with Gasteiger partial charge in [-0.05, 0) is 6.07 Å². The van der Waals surface area contributed by atoms with Gasteiger partial charge in [0.2, 0.25) is 0 Å². The molecule has 11 heavy (non-hydrogen) atoms. The van der Waals surface area contributed by atoms with Crippen LogP contribution in [0, 0.1) is 17.5 Å². The van der Waals surface area contributed by atoms with Crippen LogP contribution in [0.5, 0.6) is 0 Å². The predicted octanol–water partition coefficient (Wildman–Crippen LogP) is 3.04. The van der Waals surface area contributed by atoms with Gasteiger partial charge in [-0.25, -0.2) is 13.2 Å². The summed E-state index contributed by atoms with van der Waals surface area (Å²) >= 11 is 3.62. The normalized spacial score (nSPS) is 10.2. The Morgan fingerprint density at radius 2 is 1.82 bits per heavy atom. The molecule has 0 spiro atoms. The van der Waals surface area contributed by atoms with Crippen molar-refractivity contribution in [3.63, 3.8) is 0 Å². The summed E-state index contributed by atoms with van der Waals surface area (Å²) in [5.74, 6) is -3.06. The van der Waals surface area contributed by atoms with Crippen LogP contribution in [0.1, 0.15) is 0 Å². The van der Waals surface area contributed by atoms with Gasteiger partial charge in [0.25, 0.3) is 0 Å². The zero-order valence-corrected chi connectivity index (χ0v) is 6.85. The molecule has 0 bridgehead atoms. The van der Waals surface area contributed by atoms with E-state index in [1.54, 1.807) is 0 Å². The summed E-state index contributed by atoms with van der Waals surface area (Å²) in [6.07, 6.45) is 0. The first-order chi connectivity index (χ1) is 5.15. The smallest absolute Gasteiger partial charge is 0.173 e. The minimum absolute atomic E-state index is 0.147. The van der Waals surface area contributed by atoms with Crippen molar-refractivity contribution in [2.45, 2.75) is 4.90 Å². The Balaban J connectivity index is 3.24. The minimum atomic E-state index is -1.19. The number of hydrogen-bond acceptors (Lipinski definition) is 2. The molecule has 5 heteroatoms. The summed E-state index contributed by atoms with van der Waals surface area (Å²) in [6.45, 7) is 0. The van der Waals surface area contributed by atoms with Gasteiger partial charge in [0.15, 0.2) is 11.6 Å². The molecule has 0 atom stereocenters. The van der Waals surface area contributed by atoms with E-state index in [1.807, 2.05) is 0 Å². The molecule has 60 valence electrons. The molecule has 0 fully saturated rings. The second-order valence-electron chi connectivity index (χ2n) is 1.79. The Bertz CT molecular complexity index is 275. The van der Waals surface area contributed by atoms with E-state index in [0.717, 1.165) is 6.07 Å². The molecule has 0 heterocycles. The first kappa shape index (κ1) is 8.80. The Labute approximate surface area is 70.6 Å². The van der Waals surface area contributed by atoms with Gasteiger partial charge < -0.3 is 0 Å². The molecule has 0 radical (unpaired) electrons. The fourth-order valence-corrected chi connectivity index (χ4v) is 1.34. The van der Waals surface area contributed by atoms with Crippen LogP contribution in [0.4, 0.5) is 13.2 Å². The number of hydrogen-bond donors (Lipinski definition) is 1. The lowest BCUT2D eigenvalue weighted by Gasteiger charge is -1.98. The molecule has 0 amide bonds. The molecule has 1 rings (SSSR count). The van der Waals surface area contributed by atoms with Crippen molar-refractivity contribution in [2.24, 2.45) is 0 Å². The third-order valence-corrected chi connectivity index (χ3v) is 2.14. The molecule has 0 aliphatic heterocycles. The van der Waals surface area contributed by atoms with Gasteiger partial charge >= 0.3 is 0 Å². The highest BCUT2D eigenvalue weighted by Gasteiger charge is 2.09. The van der Waals surface area contributed by atoms with Gasteiger partial charge in [-0.1, -0.05) is 10.8 Å². The highest BCUT2D eigenvalue weighted by Crippen LogP contribution is 2.26. The third kappa shape index (κ3) is 1.84. The Hall–Kier alpha value is -0.290. The standard InChI is InChI=1S/C6H3F3S2/c7-3-1-4(8)6(9)5(2-3)11-10/h1-2,10H. The van der Waals surface area contributed by atoms with Gasteiger partial charge in [0.1, 0.15) is 5.82 Å². The Morgan fingerprint density at radius 3 is 2.36 bits per heavy atom. The lowest BCUT2D eigenvalue weighted by atomic mass is 10.3. The molecular weight excluding hydrogens is 193 g/mol. The van der Waals surface area contributed by atoms with Crippen LogP contribution in [0.25, 0.3) is 0 Å². The average Bonchev–Trinajstić information content (AvgIpc) is 1.96. The van der Waals surface area contributed by atoms with Crippen LogP contribution in [-0.2, 0) is 0 Å². The molecule has 0 nitrogen and oxygen atoms in total. The highest BCUT2D eigenvalue weighted by atomic mass is 33.1. The summed E-state index contributed by atoms with van der Waals surface area (Å²) in [5.41, 5.74) is 0. The minimum Gasteiger partial charge on any atom is -0.207 e. The van der Waals surface area contributed by atoms with Gasteiger partial charge in [-0.15, -0.1) is 11.7 Å². The van der Waals surface area contributed by atoms with Gasteiger partial charge in [-0.2, -0.15) is 0 Å². The van der Waals surface area contributed by atoms with Crippen molar-refractivity contribution in [2.75, 3.05) is 0 Å². The molecule has 0 aliphatic rings. The first-order valence-electron chi connectivity index (χ1n) is 2.61. The maximum atomic E-state index is 12.6. The Kier molecular flexibility index (Phi) is 2.72. The molecular formula is C6H3F3S2. The van der Waals surface area contributed by atoms with Crippen LogP contribution in [0.2, 0.25) is 0 Å². The van der Waals surface area contributed by atoms with Gasteiger partial charge in [-0.3, -0.25) is 0 Å². The summed E-state index contributed by atoms with van der Waals surface area (Å²) in [6, 6.07) is 1.37. The molecule has 0 unspecified atom stereocenters. The molecule has 0 saturated heterocycles. The molecule has 0 aromatic heterocycles. The Morgan fingerprint density at radius 1 is 1.18 bits per heavy atom. The lowest BCUT2D eigenvalue weighted by molar-refractivity contribution is 0.477.